The summed E-state index contributed by atoms with van der Waals surface area (Å²) in [5.74, 6) is 0. The van der Waals surface area contributed by atoms with Crippen LogP contribution in [0.1, 0.15) is 11.1 Å². The Bertz CT molecular complexity index is 764. The Morgan fingerprint density at radius 1 is 0.957 bits per heavy atom. The smallest absolute Gasteiger partial charge is 0.0458 e. The number of nitrogens with zero attached hydrogens (tertiary/aromatic N) is 2. The van der Waals surface area contributed by atoms with Crippen molar-refractivity contribution in [1.82, 2.24) is 9.80 Å². The van der Waals surface area contributed by atoms with Crippen LogP contribution in [-0.4, -0.2) is 43.0 Å². The largest absolute Gasteiger partial charge is 0.368 e. The lowest BCUT2D eigenvalue weighted by Gasteiger charge is -2.36. The van der Waals surface area contributed by atoms with Crippen LogP contribution in [0.2, 0.25) is 0 Å². The van der Waals surface area contributed by atoms with Crippen molar-refractivity contribution in [3.63, 3.8) is 0 Å². The van der Waals surface area contributed by atoms with Crippen molar-refractivity contribution in [2.45, 2.75) is 9.79 Å². The van der Waals surface area contributed by atoms with E-state index in [4.69, 9.17) is 0 Å². The molecule has 23 heavy (non-hydrogen) atoms. The van der Waals surface area contributed by atoms with Crippen LogP contribution < -0.4 is 0 Å². The van der Waals surface area contributed by atoms with E-state index in [2.05, 4.69) is 88.0 Å². The summed E-state index contributed by atoms with van der Waals surface area (Å²) >= 11 is 4.29. The molecule has 1 fully saturated rings. The third-order valence-electron chi connectivity index (χ3n) is 4.49. The molecular formula is C19H19IN2S. The summed E-state index contributed by atoms with van der Waals surface area (Å²) in [6, 6.07) is 15.6. The maximum atomic E-state index is 2.55. The molecule has 1 saturated heterocycles. The van der Waals surface area contributed by atoms with Crippen molar-refractivity contribution in [3.05, 3.63) is 57.2 Å². The Morgan fingerprint density at radius 2 is 1.74 bits per heavy atom. The van der Waals surface area contributed by atoms with Gasteiger partial charge in [0.05, 0.1) is 0 Å². The van der Waals surface area contributed by atoms with Gasteiger partial charge in [-0.2, -0.15) is 0 Å². The Hall–Kier alpha value is -0.980. The van der Waals surface area contributed by atoms with Crippen LogP contribution in [0.15, 0.2) is 52.3 Å². The van der Waals surface area contributed by atoms with Crippen LogP contribution in [0.4, 0.5) is 0 Å². The number of hydrogen-bond acceptors (Lipinski definition) is 3. The molecule has 0 aromatic heterocycles. The minimum absolute atomic E-state index is 1.10. The fourth-order valence-electron chi connectivity index (χ4n) is 3.14. The van der Waals surface area contributed by atoms with Crippen LogP contribution in [0.5, 0.6) is 0 Å². The third-order valence-corrected chi connectivity index (χ3v) is 6.33. The Morgan fingerprint density at radius 3 is 2.57 bits per heavy atom. The summed E-state index contributed by atoms with van der Waals surface area (Å²) in [4.78, 5) is 7.67. The van der Waals surface area contributed by atoms with Gasteiger partial charge in [-0.3, -0.25) is 0 Å². The van der Waals surface area contributed by atoms with Crippen molar-refractivity contribution in [1.29, 1.82) is 0 Å². The molecule has 2 aromatic rings. The second kappa shape index (κ2) is 6.49. The number of likely N-dealkylation sites (N-methyl/N-ethyl adjacent to an activating group) is 1. The molecule has 2 aliphatic rings. The molecule has 4 heteroatoms. The van der Waals surface area contributed by atoms with Gasteiger partial charge in [0.2, 0.25) is 0 Å². The fraction of sp³-hybridized carbons (Fsp3) is 0.263. The minimum Gasteiger partial charge on any atom is -0.368 e. The minimum atomic E-state index is 1.10. The van der Waals surface area contributed by atoms with Crippen molar-refractivity contribution < 1.29 is 0 Å². The van der Waals surface area contributed by atoms with Gasteiger partial charge in [-0.1, -0.05) is 30.0 Å². The fourth-order valence-corrected chi connectivity index (χ4v) is 4.70. The van der Waals surface area contributed by atoms with Gasteiger partial charge < -0.3 is 9.80 Å². The lowest BCUT2D eigenvalue weighted by molar-refractivity contribution is 0.207. The van der Waals surface area contributed by atoms with E-state index < -0.39 is 0 Å². The maximum Gasteiger partial charge on any atom is 0.0458 e. The van der Waals surface area contributed by atoms with E-state index in [1.165, 1.54) is 30.2 Å². The lowest BCUT2D eigenvalue weighted by Crippen LogP contribution is -2.43. The van der Waals surface area contributed by atoms with E-state index in [1.54, 1.807) is 0 Å². The molecule has 0 spiro atoms. The summed E-state index contributed by atoms with van der Waals surface area (Å²) < 4.78 is 1.29. The summed E-state index contributed by atoms with van der Waals surface area (Å²) in [6.45, 7) is 4.46. The molecule has 4 rings (SSSR count). The lowest BCUT2D eigenvalue weighted by atomic mass is 10.1. The van der Waals surface area contributed by atoms with Crippen LogP contribution in [0.3, 0.4) is 0 Å². The van der Waals surface area contributed by atoms with Crippen LogP contribution >= 0.6 is 34.4 Å². The van der Waals surface area contributed by atoms with E-state index >= 15 is 0 Å². The molecule has 0 aliphatic carbocycles. The van der Waals surface area contributed by atoms with E-state index in [0.717, 1.165) is 26.2 Å². The van der Waals surface area contributed by atoms with Gasteiger partial charge in [0.15, 0.2) is 0 Å². The topological polar surface area (TPSA) is 6.48 Å². The molecule has 2 heterocycles. The normalized spacial score (nSPS) is 18.0. The number of benzene rings is 2. The van der Waals surface area contributed by atoms with E-state index in [-0.39, 0.29) is 0 Å². The third kappa shape index (κ3) is 3.16. The predicted molar refractivity (Wildman–Crippen MR) is 107 cm³/mol. The molecule has 2 nitrogen and oxygen atoms in total. The zero-order valence-corrected chi connectivity index (χ0v) is 16.1. The van der Waals surface area contributed by atoms with Gasteiger partial charge in [0.1, 0.15) is 0 Å². The number of hydrogen-bond donors (Lipinski definition) is 0. The van der Waals surface area contributed by atoms with Crippen molar-refractivity contribution in [2.75, 3.05) is 33.2 Å². The Kier molecular flexibility index (Phi) is 4.39. The molecule has 0 saturated carbocycles. The van der Waals surface area contributed by atoms with Crippen LogP contribution in [0, 0.1) is 3.57 Å². The number of rotatable bonds is 1. The molecule has 118 valence electrons. The SMILES string of the molecule is CN1CCN(C2=Cc3cc(I)ccc3Sc3ccccc32)CC1. The zero-order valence-electron chi connectivity index (χ0n) is 13.1. The molecule has 2 aliphatic heterocycles. The first kappa shape index (κ1) is 15.5. The van der Waals surface area contributed by atoms with Crippen LogP contribution in [0.25, 0.3) is 11.8 Å². The highest BCUT2D eigenvalue weighted by Crippen LogP contribution is 2.41. The molecule has 0 bridgehead atoms. The summed E-state index contributed by atoms with van der Waals surface area (Å²) in [7, 11) is 2.21. The van der Waals surface area contributed by atoms with E-state index in [0.29, 0.717) is 0 Å². The van der Waals surface area contributed by atoms with Crippen LogP contribution in [-0.2, 0) is 0 Å². The molecule has 0 radical (unpaired) electrons. The monoisotopic (exact) mass is 434 g/mol. The molecular weight excluding hydrogens is 415 g/mol. The molecule has 0 unspecified atom stereocenters. The van der Waals surface area contributed by atoms with Gasteiger partial charge in [0, 0.05) is 50.8 Å². The van der Waals surface area contributed by atoms with Gasteiger partial charge in [0.25, 0.3) is 0 Å². The second-order valence-corrected chi connectivity index (χ2v) is 8.43. The average molecular weight is 434 g/mol. The summed E-state index contributed by atoms with van der Waals surface area (Å²) in [5, 5.41) is 0. The van der Waals surface area contributed by atoms with E-state index in [1.807, 2.05) is 11.8 Å². The summed E-state index contributed by atoms with van der Waals surface area (Å²) in [5.41, 5.74) is 4.09. The highest BCUT2D eigenvalue weighted by molar-refractivity contribution is 14.1. The quantitative estimate of drug-likeness (QED) is 0.611. The first-order valence-electron chi connectivity index (χ1n) is 7.93. The number of fused-ring (bicyclic) bond motifs is 2. The first-order chi connectivity index (χ1) is 11.2. The standard InChI is InChI=1S/C19H19IN2S/c1-21-8-10-22(11-9-21)17-13-14-12-15(20)6-7-18(14)23-19-5-3-2-4-16(17)19/h2-7,12-13H,8-11H2,1H3. The van der Waals surface area contributed by atoms with Gasteiger partial charge in [-0.15, -0.1) is 0 Å². The van der Waals surface area contributed by atoms with Crippen molar-refractivity contribution in [2.24, 2.45) is 0 Å². The molecule has 0 atom stereocenters. The number of halogens is 1. The first-order valence-corrected chi connectivity index (χ1v) is 9.82. The van der Waals surface area contributed by atoms with E-state index in [9.17, 15) is 0 Å². The second-order valence-electron chi connectivity index (χ2n) is 6.10. The number of piperazine rings is 1. The Labute approximate surface area is 155 Å². The van der Waals surface area contributed by atoms with Crippen molar-refractivity contribution in [3.8, 4) is 0 Å². The predicted octanol–water partition coefficient (Wildman–Crippen LogP) is 4.50. The zero-order chi connectivity index (χ0) is 15.8. The van der Waals surface area contributed by atoms with Gasteiger partial charge >= 0.3 is 0 Å². The summed E-state index contributed by atoms with van der Waals surface area (Å²) in [6.07, 6.45) is 2.39. The van der Waals surface area contributed by atoms with Gasteiger partial charge in [-0.05, 0) is 65.5 Å². The van der Waals surface area contributed by atoms with Gasteiger partial charge in [-0.25, -0.2) is 0 Å². The average Bonchev–Trinajstić information content (AvgIpc) is 2.72. The Balaban J connectivity index is 1.83. The highest BCUT2D eigenvalue weighted by atomic mass is 127. The molecule has 0 amide bonds. The maximum absolute atomic E-state index is 2.55. The van der Waals surface area contributed by atoms with Crippen molar-refractivity contribution >= 4 is 46.1 Å². The highest BCUT2D eigenvalue weighted by Gasteiger charge is 2.22. The molecule has 2 aromatic carbocycles. The molecule has 0 N–H and O–H groups in total.